The average Bonchev–Trinajstić information content (AvgIpc) is 2.96. The molecule has 0 radical (unpaired) electrons. The maximum Gasteiger partial charge on any atom is 0.305 e. The molecule has 0 bridgehead atoms. The fourth-order valence-electron chi connectivity index (χ4n) is 1.91. The molecular weight excluding hydrogens is 441 g/mol. The summed E-state index contributed by atoms with van der Waals surface area (Å²) in [5.41, 5.74) is 0. The second-order valence-corrected chi connectivity index (χ2v) is 8.83. The molecule has 1 aromatic carbocycles. The van der Waals surface area contributed by atoms with Gasteiger partial charge in [0.25, 0.3) is 0 Å². The number of hydrogen-bond donors (Lipinski definition) is 2. The summed E-state index contributed by atoms with van der Waals surface area (Å²) < 4.78 is 24.6. The van der Waals surface area contributed by atoms with Crippen LogP contribution < -0.4 is 4.72 Å². The van der Waals surface area contributed by atoms with Crippen molar-refractivity contribution in [2.24, 2.45) is 0 Å². The number of halogens is 2. The largest absolute Gasteiger partial charge is 0.481 e. The number of sulfonamides is 1. The minimum absolute atomic E-state index is 0.156. The Hall–Kier alpha value is -1.73. The van der Waals surface area contributed by atoms with E-state index in [1.54, 1.807) is 18.2 Å². The molecule has 2 N–H and O–H groups in total. The van der Waals surface area contributed by atoms with Crippen LogP contribution in [0.1, 0.15) is 6.42 Å². The van der Waals surface area contributed by atoms with Crippen LogP contribution in [0.5, 0.6) is 0 Å². The monoisotopic (exact) mass is 453 g/mol. The third-order valence-corrected chi connectivity index (χ3v) is 5.52. The van der Waals surface area contributed by atoms with Gasteiger partial charge in [-0.25, -0.2) is 13.1 Å². The summed E-state index contributed by atoms with van der Waals surface area (Å²) in [7, 11) is -3.78. The van der Waals surface area contributed by atoms with E-state index in [-0.39, 0.29) is 5.16 Å². The van der Waals surface area contributed by atoms with Crippen molar-refractivity contribution in [3.05, 3.63) is 28.2 Å². The minimum atomic E-state index is -3.78. The van der Waals surface area contributed by atoms with Crippen molar-refractivity contribution in [2.75, 3.05) is 6.26 Å². The third-order valence-electron chi connectivity index (χ3n) is 2.97. The molecule has 0 amide bonds. The summed E-state index contributed by atoms with van der Waals surface area (Å²) in [6.07, 6.45) is 0.113. The number of rotatable bonds is 9. The molecule has 14 heteroatoms. The Bertz CT molecular complexity index is 946. The summed E-state index contributed by atoms with van der Waals surface area (Å²) in [6, 6.07) is 3.50. The molecule has 0 spiro atoms. The van der Waals surface area contributed by atoms with Crippen molar-refractivity contribution < 1.29 is 23.1 Å². The fourth-order valence-corrected chi connectivity index (χ4v) is 4.00. The molecule has 1 aromatic heterocycles. The van der Waals surface area contributed by atoms with Crippen LogP contribution in [-0.2, 0) is 26.2 Å². The van der Waals surface area contributed by atoms with Crippen molar-refractivity contribution in [3.63, 3.8) is 0 Å². The number of ketones is 1. The Morgan fingerprint density at radius 1 is 1.33 bits per heavy atom. The average molecular weight is 454 g/mol. The predicted molar refractivity (Wildman–Crippen MR) is 97.4 cm³/mol. The zero-order chi connectivity index (χ0) is 20.2. The molecule has 0 fully saturated rings. The first-order valence-electron chi connectivity index (χ1n) is 7.16. The van der Waals surface area contributed by atoms with Crippen molar-refractivity contribution in [1.29, 1.82) is 0 Å². The number of aromatic nitrogens is 4. The molecule has 0 aliphatic heterocycles. The summed E-state index contributed by atoms with van der Waals surface area (Å²) in [6.45, 7) is -0.468. The van der Waals surface area contributed by atoms with E-state index in [4.69, 9.17) is 28.3 Å². The predicted octanol–water partition coefficient (Wildman–Crippen LogP) is 1.09. The van der Waals surface area contributed by atoms with Gasteiger partial charge in [-0.05, 0) is 29.1 Å². The number of nitrogens with zero attached hydrogens (tertiary/aromatic N) is 4. The summed E-state index contributed by atoms with van der Waals surface area (Å²) in [5.74, 6) is -2.06. The highest BCUT2D eigenvalue weighted by atomic mass is 35.5. The number of aliphatic carboxylic acids is 1. The van der Waals surface area contributed by atoms with Crippen LogP contribution in [0, 0.1) is 0 Å². The lowest BCUT2D eigenvalue weighted by molar-refractivity contribution is -0.139. The van der Waals surface area contributed by atoms with Crippen LogP contribution in [0.25, 0.3) is 0 Å². The molecule has 0 saturated carbocycles. The zero-order valence-corrected chi connectivity index (χ0v) is 16.8. The van der Waals surface area contributed by atoms with Gasteiger partial charge in [0.05, 0.1) is 33.7 Å². The summed E-state index contributed by atoms with van der Waals surface area (Å²) in [4.78, 5) is 24.5. The molecule has 1 unspecified atom stereocenters. The van der Waals surface area contributed by atoms with Crippen LogP contribution in [-0.4, -0.2) is 57.8 Å². The number of carbonyl (C=O) groups excluding carboxylic acids is 1. The first-order chi connectivity index (χ1) is 12.5. The normalized spacial score (nSPS) is 12.7. The zero-order valence-electron chi connectivity index (χ0n) is 13.7. The SMILES string of the molecule is CS(=O)(=O)NC(CC(=O)O)C(=O)Cn1nnc(Sc2c(Cl)cccc2Cl)n1. The highest BCUT2D eigenvalue weighted by Crippen LogP contribution is 2.36. The molecule has 0 aliphatic carbocycles. The molecule has 10 nitrogen and oxygen atoms in total. The van der Waals surface area contributed by atoms with E-state index in [1.165, 1.54) is 0 Å². The summed E-state index contributed by atoms with van der Waals surface area (Å²) >= 11 is 13.1. The van der Waals surface area contributed by atoms with E-state index in [2.05, 4.69) is 15.4 Å². The maximum atomic E-state index is 12.2. The van der Waals surface area contributed by atoms with Crippen molar-refractivity contribution in [3.8, 4) is 0 Å². The van der Waals surface area contributed by atoms with Gasteiger partial charge in [-0.15, -0.1) is 10.2 Å². The van der Waals surface area contributed by atoms with Gasteiger partial charge in [-0.3, -0.25) is 9.59 Å². The Balaban J connectivity index is 2.11. The van der Waals surface area contributed by atoms with Crippen LogP contribution in [0.15, 0.2) is 28.3 Å². The van der Waals surface area contributed by atoms with Crippen molar-refractivity contribution in [1.82, 2.24) is 24.9 Å². The molecule has 2 rings (SSSR count). The number of hydrogen-bond acceptors (Lipinski definition) is 8. The first kappa shape index (κ1) is 21.6. The maximum absolute atomic E-state index is 12.2. The number of Topliss-reactive ketones (excluding diaryl/α,β-unsaturated/α-hetero) is 1. The lowest BCUT2D eigenvalue weighted by Gasteiger charge is -2.13. The number of tetrazole rings is 1. The van der Waals surface area contributed by atoms with Crippen LogP contribution >= 0.6 is 35.0 Å². The van der Waals surface area contributed by atoms with Gasteiger partial charge >= 0.3 is 5.97 Å². The molecule has 2 aromatic rings. The van der Waals surface area contributed by atoms with Gasteiger partial charge in [-0.1, -0.05) is 29.3 Å². The topological polar surface area (TPSA) is 144 Å². The molecular formula is C13H13Cl2N5O5S2. The Morgan fingerprint density at radius 2 is 1.96 bits per heavy atom. The van der Waals surface area contributed by atoms with E-state index >= 15 is 0 Å². The minimum Gasteiger partial charge on any atom is -0.481 e. The second kappa shape index (κ2) is 8.97. The van der Waals surface area contributed by atoms with Crippen LogP contribution in [0.4, 0.5) is 0 Å². The molecule has 27 heavy (non-hydrogen) atoms. The highest BCUT2D eigenvalue weighted by Gasteiger charge is 2.26. The van der Waals surface area contributed by atoms with Crippen LogP contribution in [0.3, 0.4) is 0 Å². The van der Waals surface area contributed by atoms with Gasteiger partial charge in [0.1, 0.15) is 6.54 Å². The Morgan fingerprint density at radius 3 is 2.52 bits per heavy atom. The van der Waals surface area contributed by atoms with E-state index in [1.807, 2.05) is 4.72 Å². The fraction of sp³-hybridized carbons (Fsp3) is 0.308. The van der Waals surface area contributed by atoms with Crippen molar-refractivity contribution in [2.45, 2.75) is 29.1 Å². The number of benzene rings is 1. The van der Waals surface area contributed by atoms with E-state index < -0.39 is 40.8 Å². The summed E-state index contributed by atoms with van der Waals surface area (Å²) in [5, 5.41) is 21.2. The Labute approximate surface area is 168 Å². The second-order valence-electron chi connectivity index (χ2n) is 5.26. The lowest BCUT2D eigenvalue weighted by Crippen LogP contribution is -2.43. The quantitative estimate of drug-likeness (QED) is 0.569. The number of nitrogens with one attached hydrogen (secondary N) is 1. The smallest absolute Gasteiger partial charge is 0.305 e. The lowest BCUT2D eigenvalue weighted by atomic mass is 10.1. The number of carboxylic acid groups (broad SMARTS) is 1. The van der Waals surface area contributed by atoms with E-state index in [9.17, 15) is 18.0 Å². The number of carbonyl (C=O) groups is 2. The molecule has 1 heterocycles. The molecule has 0 saturated heterocycles. The van der Waals surface area contributed by atoms with Gasteiger partial charge < -0.3 is 5.11 Å². The molecule has 146 valence electrons. The van der Waals surface area contributed by atoms with E-state index in [0.717, 1.165) is 22.8 Å². The van der Waals surface area contributed by atoms with Gasteiger partial charge in [0.2, 0.25) is 15.2 Å². The van der Waals surface area contributed by atoms with Crippen LogP contribution in [0.2, 0.25) is 10.0 Å². The Kier molecular flexibility index (Phi) is 7.17. The third kappa shape index (κ3) is 6.74. The first-order valence-corrected chi connectivity index (χ1v) is 10.6. The standard InChI is InChI=1S/C13H13Cl2N5O5S2/c1-27(24,25)18-9(5-11(22)23)10(21)6-20-17-13(16-19-20)26-12-7(14)3-2-4-8(12)15/h2-4,9,18H,5-6H2,1H3,(H,22,23). The van der Waals surface area contributed by atoms with Gasteiger partial charge in [0, 0.05) is 0 Å². The van der Waals surface area contributed by atoms with E-state index in [0.29, 0.717) is 14.9 Å². The molecule has 1 atom stereocenters. The van der Waals surface area contributed by atoms with Gasteiger partial charge in [-0.2, -0.15) is 4.80 Å². The highest BCUT2D eigenvalue weighted by molar-refractivity contribution is 7.99. The molecule has 0 aliphatic rings. The van der Waals surface area contributed by atoms with Gasteiger partial charge in [0.15, 0.2) is 5.78 Å². The van der Waals surface area contributed by atoms with Crippen molar-refractivity contribution >= 4 is 56.7 Å². The number of carboxylic acids is 1.